The maximum atomic E-state index is 8.92. The number of likely N-dealkylation sites (tertiary alicyclic amines) is 1. The van der Waals surface area contributed by atoms with Crippen molar-refractivity contribution in [3.8, 4) is 11.5 Å². The molecule has 168 valence electrons. The molecule has 3 rings (SSSR count). The molecule has 0 saturated carbocycles. The molecular formula is C23H31BCl2N2O3. The second-order valence-corrected chi connectivity index (χ2v) is 9.18. The molecule has 1 aliphatic heterocycles. The number of halogens is 2. The van der Waals surface area contributed by atoms with E-state index < -0.39 is 7.12 Å². The predicted octanol–water partition coefficient (Wildman–Crippen LogP) is 4.97. The first kappa shape index (κ1) is 24.4. The van der Waals surface area contributed by atoms with E-state index in [1.165, 1.54) is 5.56 Å². The summed E-state index contributed by atoms with van der Waals surface area (Å²) in [4.78, 5) is 2.47. The Morgan fingerprint density at radius 2 is 1.68 bits per heavy atom. The topological polar surface area (TPSA) is 79.0 Å². The summed E-state index contributed by atoms with van der Waals surface area (Å²) in [5.74, 6) is 1.98. The monoisotopic (exact) mass is 464 g/mol. The molecule has 1 aliphatic rings. The average Bonchev–Trinajstić information content (AvgIpc) is 2.75. The van der Waals surface area contributed by atoms with Crippen molar-refractivity contribution in [2.75, 3.05) is 13.1 Å². The van der Waals surface area contributed by atoms with Crippen molar-refractivity contribution >= 4 is 30.3 Å². The lowest BCUT2D eigenvalue weighted by atomic mass is 9.82. The van der Waals surface area contributed by atoms with E-state index in [1.807, 2.05) is 12.1 Å². The van der Waals surface area contributed by atoms with Gasteiger partial charge in [-0.15, -0.1) is 0 Å². The van der Waals surface area contributed by atoms with Crippen molar-refractivity contribution in [2.24, 2.45) is 11.7 Å². The number of ether oxygens (including phenoxy) is 1. The molecule has 5 nitrogen and oxygen atoms in total. The second kappa shape index (κ2) is 12.1. The minimum Gasteiger partial charge on any atom is -0.457 e. The zero-order valence-electron chi connectivity index (χ0n) is 17.7. The van der Waals surface area contributed by atoms with Gasteiger partial charge in [-0.2, -0.15) is 0 Å². The maximum Gasteiger partial charge on any atom is 0.451 e. The molecule has 0 radical (unpaired) electrons. The van der Waals surface area contributed by atoms with Crippen molar-refractivity contribution < 1.29 is 14.8 Å². The third-order valence-electron chi connectivity index (χ3n) is 5.94. The van der Waals surface area contributed by atoms with Crippen LogP contribution in [0.3, 0.4) is 0 Å². The fourth-order valence-electron chi connectivity index (χ4n) is 4.08. The number of unbranched alkanes of at least 4 members (excludes halogenated alkanes) is 1. The number of hydrogen-bond donors (Lipinski definition) is 3. The lowest BCUT2D eigenvalue weighted by Gasteiger charge is -2.35. The predicted molar refractivity (Wildman–Crippen MR) is 128 cm³/mol. The summed E-state index contributed by atoms with van der Waals surface area (Å²) < 4.78 is 5.85. The van der Waals surface area contributed by atoms with E-state index >= 15 is 0 Å². The molecular weight excluding hydrogens is 434 g/mol. The van der Waals surface area contributed by atoms with E-state index in [9.17, 15) is 0 Å². The first-order chi connectivity index (χ1) is 14.9. The Kier molecular flexibility index (Phi) is 9.51. The Hall–Kier alpha value is -1.28. The van der Waals surface area contributed by atoms with Crippen LogP contribution in [0.1, 0.15) is 37.7 Å². The molecule has 0 aliphatic carbocycles. The lowest BCUT2D eigenvalue weighted by molar-refractivity contribution is 0.159. The molecule has 31 heavy (non-hydrogen) atoms. The largest absolute Gasteiger partial charge is 0.457 e. The second-order valence-electron chi connectivity index (χ2n) is 8.36. The third-order valence-corrected chi connectivity index (χ3v) is 6.68. The van der Waals surface area contributed by atoms with Crippen LogP contribution in [0.4, 0.5) is 0 Å². The van der Waals surface area contributed by atoms with Crippen molar-refractivity contribution in [2.45, 2.75) is 51.0 Å². The number of nitrogens with zero attached hydrogens (tertiary/aromatic N) is 1. The van der Waals surface area contributed by atoms with Crippen LogP contribution in [-0.2, 0) is 6.54 Å². The van der Waals surface area contributed by atoms with Gasteiger partial charge in [-0.3, -0.25) is 4.90 Å². The van der Waals surface area contributed by atoms with Gasteiger partial charge >= 0.3 is 7.12 Å². The van der Waals surface area contributed by atoms with Crippen molar-refractivity contribution in [3.63, 3.8) is 0 Å². The Morgan fingerprint density at radius 3 is 2.32 bits per heavy atom. The fourth-order valence-corrected chi connectivity index (χ4v) is 4.37. The molecule has 8 heteroatoms. The lowest BCUT2D eigenvalue weighted by Crippen LogP contribution is -2.40. The summed E-state index contributed by atoms with van der Waals surface area (Å²) in [6.07, 6.45) is 5.38. The van der Waals surface area contributed by atoms with Crippen LogP contribution in [0.25, 0.3) is 0 Å². The van der Waals surface area contributed by atoms with E-state index in [0.29, 0.717) is 28.0 Å². The SMILES string of the molecule is NC(CCCCB(O)O)C1CCN(Cc2ccc(Oc3ccc(Cl)c(Cl)c3)cc2)CC1. The Labute approximate surface area is 195 Å². The number of nitrogens with two attached hydrogens (primary N) is 1. The van der Waals surface area contributed by atoms with E-state index in [0.717, 1.165) is 57.5 Å². The highest BCUT2D eigenvalue weighted by Gasteiger charge is 2.24. The zero-order chi connectivity index (χ0) is 22.2. The highest BCUT2D eigenvalue weighted by Crippen LogP contribution is 2.30. The van der Waals surface area contributed by atoms with Gasteiger partial charge in [0.2, 0.25) is 0 Å². The molecule has 2 aromatic carbocycles. The summed E-state index contributed by atoms with van der Waals surface area (Å²) >= 11 is 12.0. The Morgan fingerprint density at radius 1 is 1.00 bits per heavy atom. The molecule has 0 spiro atoms. The first-order valence-electron chi connectivity index (χ1n) is 11.0. The van der Waals surface area contributed by atoms with Crippen LogP contribution in [0, 0.1) is 5.92 Å². The molecule has 0 amide bonds. The van der Waals surface area contributed by atoms with Gasteiger partial charge in [-0.1, -0.05) is 48.2 Å². The maximum absolute atomic E-state index is 8.92. The molecule has 1 atom stereocenters. The van der Waals surface area contributed by atoms with Gasteiger partial charge in [0.05, 0.1) is 10.0 Å². The van der Waals surface area contributed by atoms with Gasteiger partial charge in [0.25, 0.3) is 0 Å². The van der Waals surface area contributed by atoms with E-state index in [4.69, 9.17) is 43.7 Å². The van der Waals surface area contributed by atoms with Crippen molar-refractivity contribution in [1.82, 2.24) is 4.90 Å². The standard InChI is InChI=1S/C23H31BCl2N2O3/c25-21-9-8-20(15-22(21)26)31-19-6-4-17(5-7-19)16-28-13-10-18(11-14-28)23(27)3-1-2-12-24(29)30/h4-9,15,18,23,29-30H,1-3,10-14,16,27H2. The number of rotatable bonds is 10. The number of benzene rings is 2. The third kappa shape index (κ3) is 7.97. The van der Waals surface area contributed by atoms with Crippen molar-refractivity contribution in [1.29, 1.82) is 0 Å². The van der Waals surface area contributed by atoms with Gasteiger partial charge in [0.15, 0.2) is 0 Å². The Bertz CT molecular complexity index is 815. The summed E-state index contributed by atoms with van der Waals surface area (Å²) in [5, 5.41) is 18.8. The van der Waals surface area contributed by atoms with Gasteiger partial charge in [0, 0.05) is 18.7 Å². The smallest absolute Gasteiger partial charge is 0.451 e. The van der Waals surface area contributed by atoms with E-state index in [2.05, 4.69) is 17.0 Å². The van der Waals surface area contributed by atoms with Gasteiger partial charge in [-0.25, -0.2) is 0 Å². The van der Waals surface area contributed by atoms with Gasteiger partial charge in [0.1, 0.15) is 11.5 Å². The van der Waals surface area contributed by atoms with Crippen LogP contribution in [0.5, 0.6) is 11.5 Å². The van der Waals surface area contributed by atoms with Gasteiger partial charge < -0.3 is 20.5 Å². The summed E-state index contributed by atoms with van der Waals surface area (Å²) in [6.45, 7) is 3.02. The molecule has 4 N–H and O–H groups in total. The summed E-state index contributed by atoms with van der Waals surface area (Å²) in [6, 6.07) is 13.6. The zero-order valence-corrected chi connectivity index (χ0v) is 19.2. The quantitative estimate of drug-likeness (QED) is 0.341. The number of piperidine rings is 1. The molecule has 1 saturated heterocycles. The van der Waals surface area contributed by atoms with E-state index in [-0.39, 0.29) is 6.04 Å². The molecule has 1 unspecified atom stereocenters. The molecule has 0 aromatic heterocycles. The van der Waals surface area contributed by atoms with Crippen LogP contribution in [0.2, 0.25) is 16.4 Å². The minimum absolute atomic E-state index is 0.204. The molecule has 1 heterocycles. The average molecular weight is 465 g/mol. The minimum atomic E-state index is -1.20. The molecule has 0 bridgehead atoms. The number of hydrogen-bond acceptors (Lipinski definition) is 5. The fraction of sp³-hybridized carbons (Fsp3) is 0.478. The van der Waals surface area contributed by atoms with Crippen molar-refractivity contribution in [3.05, 3.63) is 58.1 Å². The van der Waals surface area contributed by atoms with Crippen LogP contribution in [0.15, 0.2) is 42.5 Å². The van der Waals surface area contributed by atoms with Gasteiger partial charge in [-0.05, 0) is 74.4 Å². The summed E-state index contributed by atoms with van der Waals surface area (Å²) in [5.41, 5.74) is 7.64. The van der Waals surface area contributed by atoms with Crippen LogP contribution >= 0.6 is 23.2 Å². The Balaban J connectivity index is 1.40. The van der Waals surface area contributed by atoms with Crippen LogP contribution < -0.4 is 10.5 Å². The molecule has 1 fully saturated rings. The normalized spacial score (nSPS) is 16.3. The van der Waals surface area contributed by atoms with E-state index in [1.54, 1.807) is 18.2 Å². The summed E-state index contributed by atoms with van der Waals surface area (Å²) in [7, 11) is -1.20. The first-order valence-corrected chi connectivity index (χ1v) is 11.7. The highest BCUT2D eigenvalue weighted by atomic mass is 35.5. The highest BCUT2D eigenvalue weighted by molar-refractivity contribution is 6.42. The molecule has 2 aromatic rings. The van der Waals surface area contributed by atoms with Crippen LogP contribution in [-0.4, -0.2) is 41.2 Å².